The summed E-state index contributed by atoms with van der Waals surface area (Å²) in [6, 6.07) is 7.71. The highest BCUT2D eigenvalue weighted by Crippen LogP contribution is 2.40. The van der Waals surface area contributed by atoms with E-state index in [4.69, 9.17) is 4.74 Å². The lowest BCUT2D eigenvalue weighted by molar-refractivity contribution is -0.151. The number of aliphatic carboxylic acids is 1. The summed E-state index contributed by atoms with van der Waals surface area (Å²) in [5, 5.41) is 12.8. The van der Waals surface area contributed by atoms with E-state index in [9.17, 15) is 19.5 Å². The predicted molar refractivity (Wildman–Crippen MR) is 112 cm³/mol. The highest BCUT2D eigenvalue weighted by atomic mass is 16.5. The first-order valence-electron chi connectivity index (χ1n) is 10.8. The van der Waals surface area contributed by atoms with Crippen LogP contribution in [-0.4, -0.2) is 59.1 Å². The van der Waals surface area contributed by atoms with Crippen molar-refractivity contribution < 1.29 is 24.2 Å². The second-order valence-electron chi connectivity index (χ2n) is 8.44. The molecule has 0 spiro atoms. The molecule has 1 heterocycles. The van der Waals surface area contributed by atoms with Crippen LogP contribution in [0.25, 0.3) is 0 Å². The van der Waals surface area contributed by atoms with Crippen LogP contribution in [0.5, 0.6) is 0 Å². The van der Waals surface area contributed by atoms with Crippen LogP contribution in [0.15, 0.2) is 30.3 Å². The molecular formula is C23H32N2O5. The molecular weight excluding hydrogens is 384 g/mol. The number of methoxy groups -OCH3 is 1. The molecule has 0 radical (unpaired) electrons. The number of carbonyl (C=O) groups excluding carboxylic acids is 2. The Morgan fingerprint density at radius 1 is 1.20 bits per heavy atom. The lowest BCUT2D eigenvalue weighted by atomic mass is 9.84. The number of ether oxygens (including phenoxy) is 1. The molecule has 3 rings (SSSR count). The molecule has 7 heteroatoms. The summed E-state index contributed by atoms with van der Waals surface area (Å²) in [6.07, 6.45) is 5.60. The van der Waals surface area contributed by atoms with Gasteiger partial charge in [-0.1, -0.05) is 43.2 Å². The Labute approximate surface area is 177 Å². The average Bonchev–Trinajstić information content (AvgIpc) is 3.16. The average molecular weight is 417 g/mol. The highest BCUT2D eigenvalue weighted by molar-refractivity contribution is 5.88. The SMILES string of the molecule is COC(=O)C(CCc1ccccc1)NC(C)C(=O)N1C(C(=O)O)CC2CCCCC21. The zero-order valence-corrected chi connectivity index (χ0v) is 17.8. The second-order valence-corrected chi connectivity index (χ2v) is 8.44. The van der Waals surface area contributed by atoms with Crippen molar-refractivity contribution in [2.24, 2.45) is 5.92 Å². The number of esters is 1. The van der Waals surface area contributed by atoms with E-state index in [1.165, 1.54) is 7.11 Å². The smallest absolute Gasteiger partial charge is 0.326 e. The fourth-order valence-corrected chi connectivity index (χ4v) is 4.96. The number of benzene rings is 1. The van der Waals surface area contributed by atoms with Crippen LogP contribution in [-0.2, 0) is 25.5 Å². The van der Waals surface area contributed by atoms with Crippen LogP contribution in [0.4, 0.5) is 0 Å². The summed E-state index contributed by atoms with van der Waals surface area (Å²) in [7, 11) is 1.33. The Bertz CT molecular complexity index is 753. The molecule has 5 atom stereocenters. The first-order valence-corrected chi connectivity index (χ1v) is 10.8. The van der Waals surface area contributed by atoms with E-state index >= 15 is 0 Å². The molecule has 1 aliphatic carbocycles. The third-order valence-electron chi connectivity index (χ3n) is 6.50. The Hall–Kier alpha value is -2.41. The molecule has 164 valence electrons. The molecule has 0 aromatic heterocycles. The summed E-state index contributed by atoms with van der Waals surface area (Å²) in [5.74, 6) is -1.35. The molecule has 7 nitrogen and oxygen atoms in total. The van der Waals surface area contributed by atoms with Gasteiger partial charge in [-0.3, -0.25) is 14.9 Å². The summed E-state index contributed by atoms with van der Waals surface area (Å²) < 4.78 is 4.93. The molecule has 1 amide bonds. The van der Waals surface area contributed by atoms with Crippen molar-refractivity contribution in [3.8, 4) is 0 Å². The van der Waals surface area contributed by atoms with Gasteiger partial charge in [0.2, 0.25) is 5.91 Å². The van der Waals surface area contributed by atoms with E-state index in [-0.39, 0.29) is 17.9 Å². The van der Waals surface area contributed by atoms with Crippen molar-refractivity contribution in [3.05, 3.63) is 35.9 Å². The Balaban J connectivity index is 1.68. The van der Waals surface area contributed by atoms with E-state index in [0.29, 0.717) is 19.3 Å². The van der Waals surface area contributed by atoms with Crippen molar-refractivity contribution >= 4 is 17.8 Å². The van der Waals surface area contributed by atoms with Gasteiger partial charge in [-0.15, -0.1) is 0 Å². The molecule has 1 saturated heterocycles. The first kappa shape index (κ1) is 22.3. The summed E-state index contributed by atoms with van der Waals surface area (Å²) in [5.41, 5.74) is 1.10. The Morgan fingerprint density at radius 2 is 1.90 bits per heavy atom. The predicted octanol–water partition coefficient (Wildman–Crippen LogP) is 2.38. The van der Waals surface area contributed by atoms with Crippen LogP contribution < -0.4 is 5.32 Å². The minimum atomic E-state index is -0.946. The fraction of sp³-hybridized carbons (Fsp3) is 0.609. The molecule has 1 aromatic rings. The van der Waals surface area contributed by atoms with Gasteiger partial charge in [-0.2, -0.15) is 0 Å². The minimum Gasteiger partial charge on any atom is -0.480 e. The quantitative estimate of drug-likeness (QED) is 0.632. The maximum absolute atomic E-state index is 13.3. The monoisotopic (exact) mass is 416 g/mol. The summed E-state index contributed by atoms with van der Waals surface area (Å²) in [4.78, 5) is 39.0. The first-order chi connectivity index (χ1) is 14.4. The number of carboxylic acids is 1. The molecule has 2 aliphatic rings. The number of likely N-dealkylation sites (tertiary alicyclic amines) is 1. The van der Waals surface area contributed by atoms with Crippen molar-refractivity contribution in [3.63, 3.8) is 0 Å². The topological polar surface area (TPSA) is 95.9 Å². The van der Waals surface area contributed by atoms with Gasteiger partial charge in [0.1, 0.15) is 12.1 Å². The maximum atomic E-state index is 13.3. The van der Waals surface area contributed by atoms with Crippen LogP contribution in [0, 0.1) is 5.92 Å². The molecule has 30 heavy (non-hydrogen) atoms. The standard InChI is InChI=1S/C23H32N2O5/c1-15(24-18(23(29)30-2)13-12-16-8-4-3-5-9-16)21(26)25-19-11-7-6-10-17(19)14-20(25)22(27)28/h3-5,8-9,15,17-20,24H,6-7,10-14H2,1-2H3,(H,27,28). The minimum absolute atomic E-state index is 0.0162. The van der Waals surface area contributed by atoms with Crippen LogP contribution in [0.1, 0.15) is 51.0 Å². The number of amides is 1. The van der Waals surface area contributed by atoms with Gasteiger partial charge in [0, 0.05) is 6.04 Å². The van der Waals surface area contributed by atoms with E-state index in [1.54, 1.807) is 11.8 Å². The third kappa shape index (κ3) is 5.01. The molecule has 0 bridgehead atoms. The van der Waals surface area contributed by atoms with E-state index < -0.39 is 30.1 Å². The fourth-order valence-electron chi connectivity index (χ4n) is 4.96. The number of hydrogen-bond acceptors (Lipinski definition) is 5. The molecule has 5 unspecified atom stereocenters. The maximum Gasteiger partial charge on any atom is 0.326 e. The van der Waals surface area contributed by atoms with E-state index in [1.807, 2.05) is 30.3 Å². The lowest BCUT2D eigenvalue weighted by Crippen LogP contribution is -2.55. The van der Waals surface area contributed by atoms with Gasteiger partial charge in [0.15, 0.2) is 0 Å². The molecule has 1 aromatic carbocycles. The van der Waals surface area contributed by atoms with Crippen LogP contribution in [0.3, 0.4) is 0 Å². The van der Waals surface area contributed by atoms with Gasteiger partial charge < -0.3 is 14.7 Å². The Kier molecular flexibility index (Phi) is 7.48. The van der Waals surface area contributed by atoms with Gasteiger partial charge in [0.25, 0.3) is 0 Å². The van der Waals surface area contributed by atoms with Crippen molar-refractivity contribution in [2.45, 2.75) is 76.0 Å². The molecule has 1 aliphatic heterocycles. The van der Waals surface area contributed by atoms with E-state index in [0.717, 1.165) is 31.2 Å². The highest BCUT2D eigenvalue weighted by Gasteiger charge is 2.48. The zero-order valence-electron chi connectivity index (χ0n) is 17.8. The summed E-state index contributed by atoms with van der Waals surface area (Å²) >= 11 is 0. The van der Waals surface area contributed by atoms with Gasteiger partial charge in [-0.05, 0) is 50.5 Å². The van der Waals surface area contributed by atoms with Crippen molar-refractivity contribution in [2.75, 3.05) is 7.11 Å². The lowest BCUT2D eigenvalue weighted by Gasteiger charge is -2.35. The van der Waals surface area contributed by atoms with Gasteiger partial charge >= 0.3 is 11.9 Å². The molecule has 1 saturated carbocycles. The van der Waals surface area contributed by atoms with Gasteiger partial charge in [-0.25, -0.2) is 4.79 Å². The number of nitrogens with zero attached hydrogens (tertiary/aromatic N) is 1. The van der Waals surface area contributed by atoms with Crippen LogP contribution >= 0.6 is 0 Å². The largest absolute Gasteiger partial charge is 0.480 e. The number of hydrogen-bond donors (Lipinski definition) is 2. The van der Waals surface area contributed by atoms with Crippen LogP contribution in [0.2, 0.25) is 0 Å². The molecule has 2 fully saturated rings. The van der Waals surface area contributed by atoms with Crippen molar-refractivity contribution in [1.82, 2.24) is 10.2 Å². The number of aryl methyl sites for hydroxylation is 1. The second kappa shape index (κ2) is 10.1. The molecule has 2 N–H and O–H groups in total. The third-order valence-corrected chi connectivity index (χ3v) is 6.50. The van der Waals surface area contributed by atoms with E-state index in [2.05, 4.69) is 5.32 Å². The van der Waals surface area contributed by atoms with Gasteiger partial charge in [0.05, 0.1) is 13.2 Å². The zero-order chi connectivity index (χ0) is 21.7. The number of rotatable bonds is 8. The number of carboxylic acid groups (broad SMARTS) is 1. The summed E-state index contributed by atoms with van der Waals surface area (Å²) in [6.45, 7) is 1.70. The normalized spacial score (nSPS) is 25.3. The number of fused-ring (bicyclic) bond motifs is 1. The Morgan fingerprint density at radius 3 is 2.57 bits per heavy atom. The number of carbonyl (C=O) groups is 3. The number of nitrogens with one attached hydrogen (secondary N) is 1. The van der Waals surface area contributed by atoms with Crippen molar-refractivity contribution in [1.29, 1.82) is 0 Å².